The molecule has 4 heteroatoms. The number of nitrogens with zero attached hydrogens (tertiary/aromatic N) is 1. The summed E-state index contributed by atoms with van der Waals surface area (Å²) in [5.74, 6) is 0.136. The number of rotatable bonds is 2. The minimum Gasteiger partial charge on any atom is -0.399 e. The molecule has 2 N–H and O–H groups in total. The second-order valence-electron chi connectivity index (χ2n) is 5.35. The Morgan fingerprint density at radius 3 is 2.94 bits per heavy atom. The predicted octanol–water partition coefficient (Wildman–Crippen LogP) is 1.45. The summed E-state index contributed by atoms with van der Waals surface area (Å²) in [6.07, 6.45) is 0.404. The first kappa shape index (κ1) is 12.9. The normalized spacial score (nSPS) is 18.7. The van der Waals surface area contributed by atoms with Crippen molar-refractivity contribution >= 4 is 11.6 Å². The number of anilines is 1. The van der Waals surface area contributed by atoms with Crippen LogP contribution >= 0.6 is 0 Å². The van der Waals surface area contributed by atoms with Gasteiger partial charge in [-0.05, 0) is 31.5 Å². The molecule has 0 spiro atoms. The van der Waals surface area contributed by atoms with Gasteiger partial charge in [0.05, 0.1) is 18.6 Å². The minimum absolute atomic E-state index is 0.136. The van der Waals surface area contributed by atoms with E-state index in [0.717, 1.165) is 5.56 Å². The number of amides is 1. The van der Waals surface area contributed by atoms with E-state index in [1.165, 1.54) is 0 Å². The topological polar surface area (TPSA) is 55.6 Å². The van der Waals surface area contributed by atoms with Crippen LogP contribution in [0.5, 0.6) is 0 Å². The Morgan fingerprint density at radius 1 is 1.50 bits per heavy atom. The number of hydrogen-bond donors (Lipinski definition) is 1. The van der Waals surface area contributed by atoms with Gasteiger partial charge in [-0.3, -0.25) is 4.79 Å². The molecule has 1 fully saturated rings. The standard InChI is InChI=1S/C14H20N2O2/c1-14(2)10-16(6-7-18-14)13(17)9-11-4-3-5-12(15)8-11/h3-5,8H,6-7,9-10,15H2,1-2H3. The van der Waals surface area contributed by atoms with Crippen molar-refractivity contribution in [3.63, 3.8) is 0 Å². The molecular weight excluding hydrogens is 228 g/mol. The van der Waals surface area contributed by atoms with Crippen molar-refractivity contribution in [2.45, 2.75) is 25.9 Å². The molecule has 4 nitrogen and oxygen atoms in total. The van der Waals surface area contributed by atoms with Gasteiger partial charge in [0.15, 0.2) is 0 Å². The summed E-state index contributed by atoms with van der Waals surface area (Å²) in [5, 5.41) is 0. The molecule has 18 heavy (non-hydrogen) atoms. The summed E-state index contributed by atoms with van der Waals surface area (Å²) in [4.78, 5) is 14.1. The number of carbonyl (C=O) groups is 1. The summed E-state index contributed by atoms with van der Waals surface area (Å²) in [7, 11) is 0. The van der Waals surface area contributed by atoms with E-state index in [4.69, 9.17) is 10.5 Å². The van der Waals surface area contributed by atoms with Crippen LogP contribution in [0.3, 0.4) is 0 Å². The molecule has 1 aliphatic rings. The average molecular weight is 248 g/mol. The van der Waals surface area contributed by atoms with Crippen molar-refractivity contribution < 1.29 is 9.53 Å². The Hall–Kier alpha value is -1.55. The molecule has 0 saturated carbocycles. The Morgan fingerprint density at radius 2 is 2.28 bits per heavy atom. The van der Waals surface area contributed by atoms with E-state index in [2.05, 4.69) is 0 Å². The number of ether oxygens (including phenoxy) is 1. The van der Waals surface area contributed by atoms with E-state index in [9.17, 15) is 4.79 Å². The number of benzene rings is 1. The van der Waals surface area contributed by atoms with Crippen LogP contribution < -0.4 is 5.73 Å². The lowest BCUT2D eigenvalue weighted by Gasteiger charge is -2.38. The van der Waals surface area contributed by atoms with Crippen LogP contribution in [0.2, 0.25) is 0 Å². The highest BCUT2D eigenvalue weighted by atomic mass is 16.5. The van der Waals surface area contributed by atoms with Gasteiger partial charge in [-0.25, -0.2) is 0 Å². The lowest BCUT2D eigenvalue weighted by molar-refractivity contribution is -0.145. The second kappa shape index (κ2) is 4.98. The summed E-state index contributed by atoms with van der Waals surface area (Å²) >= 11 is 0. The largest absolute Gasteiger partial charge is 0.399 e. The molecule has 1 aromatic rings. The van der Waals surface area contributed by atoms with E-state index < -0.39 is 0 Å². The van der Waals surface area contributed by atoms with Gasteiger partial charge in [0.1, 0.15) is 0 Å². The number of nitrogens with two attached hydrogens (primary N) is 1. The molecule has 1 saturated heterocycles. The van der Waals surface area contributed by atoms with E-state index in [0.29, 0.717) is 31.8 Å². The third-order valence-corrected chi connectivity index (χ3v) is 3.08. The van der Waals surface area contributed by atoms with Crippen LogP contribution in [0.25, 0.3) is 0 Å². The Bertz CT molecular complexity index is 443. The van der Waals surface area contributed by atoms with Crippen molar-refractivity contribution in [2.24, 2.45) is 0 Å². The molecule has 1 aromatic carbocycles. The number of hydrogen-bond acceptors (Lipinski definition) is 3. The maximum Gasteiger partial charge on any atom is 0.227 e. The highest BCUT2D eigenvalue weighted by Crippen LogP contribution is 2.17. The van der Waals surface area contributed by atoms with Crippen LogP contribution in [0, 0.1) is 0 Å². The van der Waals surface area contributed by atoms with Crippen LogP contribution in [0.4, 0.5) is 5.69 Å². The lowest BCUT2D eigenvalue weighted by atomic mass is 10.1. The van der Waals surface area contributed by atoms with E-state index >= 15 is 0 Å². The SMILES string of the molecule is CC1(C)CN(C(=O)Cc2cccc(N)c2)CCO1. The maximum atomic E-state index is 12.2. The van der Waals surface area contributed by atoms with Crippen molar-refractivity contribution in [3.05, 3.63) is 29.8 Å². The number of morpholine rings is 1. The van der Waals surface area contributed by atoms with E-state index in [-0.39, 0.29) is 11.5 Å². The summed E-state index contributed by atoms with van der Waals surface area (Å²) < 4.78 is 5.60. The smallest absolute Gasteiger partial charge is 0.227 e. The van der Waals surface area contributed by atoms with Crippen molar-refractivity contribution in [1.29, 1.82) is 0 Å². The van der Waals surface area contributed by atoms with Gasteiger partial charge < -0.3 is 15.4 Å². The van der Waals surface area contributed by atoms with Crippen LogP contribution in [0.1, 0.15) is 19.4 Å². The zero-order valence-electron chi connectivity index (χ0n) is 11.0. The Labute approximate surface area is 108 Å². The quantitative estimate of drug-likeness (QED) is 0.806. The molecule has 0 radical (unpaired) electrons. The molecule has 0 unspecified atom stereocenters. The summed E-state index contributed by atoms with van der Waals surface area (Å²) in [5.41, 5.74) is 7.12. The van der Waals surface area contributed by atoms with Crippen LogP contribution in [-0.4, -0.2) is 36.1 Å². The molecular formula is C14H20N2O2. The first-order valence-corrected chi connectivity index (χ1v) is 6.22. The predicted molar refractivity (Wildman–Crippen MR) is 71.2 cm³/mol. The Kier molecular flexibility index (Phi) is 3.57. The summed E-state index contributed by atoms with van der Waals surface area (Å²) in [6, 6.07) is 7.48. The third kappa shape index (κ3) is 3.23. The molecule has 98 valence electrons. The molecule has 0 aromatic heterocycles. The fourth-order valence-corrected chi connectivity index (χ4v) is 2.22. The lowest BCUT2D eigenvalue weighted by Crippen LogP contribution is -2.51. The Balaban J connectivity index is 2.00. The first-order valence-electron chi connectivity index (χ1n) is 6.22. The fourth-order valence-electron chi connectivity index (χ4n) is 2.22. The molecule has 0 aliphatic carbocycles. The van der Waals surface area contributed by atoms with E-state index in [1.54, 1.807) is 0 Å². The zero-order chi connectivity index (χ0) is 13.2. The van der Waals surface area contributed by atoms with Gasteiger partial charge in [0.2, 0.25) is 5.91 Å². The van der Waals surface area contributed by atoms with Gasteiger partial charge in [-0.2, -0.15) is 0 Å². The van der Waals surface area contributed by atoms with Gasteiger partial charge in [0, 0.05) is 18.8 Å². The van der Waals surface area contributed by atoms with E-state index in [1.807, 2.05) is 43.0 Å². The maximum absolute atomic E-state index is 12.2. The average Bonchev–Trinajstić information content (AvgIpc) is 2.27. The van der Waals surface area contributed by atoms with Gasteiger partial charge >= 0.3 is 0 Å². The number of carbonyl (C=O) groups excluding carboxylic acids is 1. The van der Waals surface area contributed by atoms with Crippen molar-refractivity contribution in [1.82, 2.24) is 4.90 Å². The fraction of sp³-hybridized carbons (Fsp3) is 0.500. The number of nitrogen functional groups attached to an aromatic ring is 1. The molecule has 0 bridgehead atoms. The van der Waals surface area contributed by atoms with Gasteiger partial charge in [-0.15, -0.1) is 0 Å². The zero-order valence-corrected chi connectivity index (χ0v) is 11.0. The highest BCUT2D eigenvalue weighted by molar-refractivity contribution is 5.79. The summed E-state index contributed by atoms with van der Waals surface area (Å²) in [6.45, 7) is 5.94. The highest BCUT2D eigenvalue weighted by Gasteiger charge is 2.29. The molecule has 0 atom stereocenters. The molecule has 2 rings (SSSR count). The minimum atomic E-state index is -0.246. The van der Waals surface area contributed by atoms with Crippen LogP contribution in [-0.2, 0) is 16.0 Å². The van der Waals surface area contributed by atoms with Crippen LogP contribution in [0.15, 0.2) is 24.3 Å². The van der Waals surface area contributed by atoms with Crippen molar-refractivity contribution in [2.75, 3.05) is 25.4 Å². The van der Waals surface area contributed by atoms with Gasteiger partial charge in [-0.1, -0.05) is 12.1 Å². The second-order valence-corrected chi connectivity index (χ2v) is 5.35. The van der Waals surface area contributed by atoms with Crippen molar-refractivity contribution in [3.8, 4) is 0 Å². The third-order valence-electron chi connectivity index (χ3n) is 3.08. The molecule has 1 aliphatic heterocycles. The molecule has 1 amide bonds. The van der Waals surface area contributed by atoms with Gasteiger partial charge in [0.25, 0.3) is 0 Å². The molecule has 1 heterocycles. The monoisotopic (exact) mass is 248 g/mol. The first-order chi connectivity index (χ1) is 8.46.